The van der Waals surface area contributed by atoms with Gasteiger partial charge in [-0.2, -0.15) is 0 Å². The Labute approximate surface area is 213 Å². The van der Waals surface area contributed by atoms with Crippen LogP contribution in [0.2, 0.25) is 0 Å². The summed E-state index contributed by atoms with van der Waals surface area (Å²) < 4.78 is 0. The van der Waals surface area contributed by atoms with Crippen LogP contribution in [0.15, 0.2) is 0 Å². The topological polar surface area (TPSA) is 162 Å². The van der Waals surface area contributed by atoms with E-state index in [1.807, 2.05) is 0 Å². The van der Waals surface area contributed by atoms with Crippen molar-refractivity contribution in [3.63, 3.8) is 0 Å². The van der Waals surface area contributed by atoms with Crippen molar-refractivity contribution in [2.24, 2.45) is 0 Å². The van der Waals surface area contributed by atoms with Gasteiger partial charge in [-0.25, -0.2) is 20.3 Å². The fourth-order valence-electron chi connectivity index (χ4n) is 3.87. The molecule has 0 aromatic heterocycles. The normalized spacial score (nSPS) is 21.9. The zero-order chi connectivity index (χ0) is 26.8. The Morgan fingerprint density at radius 1 is 0.333 bits per heavy atom. The van der Waals surface area contributed by atoms with Crippen LogP contribution >= 0.6 is 0 Å². The van der Waals surface area contributed by atoms with Crippen LogP contribution in [0.4, 0.5) is 0 Å². The minimum Gasteiger partial charge on any atom is -0.286 e. The van der Waals surface area contributed by atoms with Gasteiger partial charge < -0.3 is 0 Å². The first kappa shape index (κ1) is 31.7. The summed E-state index contributed by atoms with van der Waals surface area (Å²) in [5, 5.41) is 42.2. The second-order valence-corrected chi connectivity index (χ2v) is 9.31. The first-order valence-electron chi connectivity index (χ1n) is 13.2. The molecule has 0 aliphatic carbocycles. The van der Waals surface area contributed by atoms with Crippen LogP contribution in [0.1, 0.15) is 103 Å². The van der Waals surface area contributed by atoms with E-state index >= 15 is 0 Å². The van der Waals surface area contributed by atoms with Gasteiger partial charge >= 0.3 is 0 Å². The molecule has 1 saturated heterocycles. The molecule has 0 aromatic carbocycles. The molecule has 0 aromatic rings. The highest BCUT2D eigenvalue weighted by Gasteiger charge is 2.15. The Morgan fingerprint density at radius 2 is 0.528 bits per heavy atom. The minimum atomic E-state index is -0.388. The third-order valence-corrected chi connectivity index (χ3v) is 6.19. The van der Waals surface area contributed by atoms with Crippen LogP contribution in [0.3, 0.4) is 0 Å². The van der Waals surface area contributed by atoms with Crippen LogP contribution in [0, 0.1) is 0 Å². The van der Waals surface area contributed by atoms with Gasteiger partial charge in [0.2, 0.25) is 23.6 Å². The van der Waals surface area contributed by atoms with Gasteiger partial charge in [-0.3, -0.25) is 40.0 Å². The van der Waals surface area contributed by atoms with Gasteiger partial charge in [0.15, 0.2) is 0 Å². The highest BCUT2D eigenvalue weighted by atomic mass is 16.5. The number of hydrogen-bond acceptors (Lipinski definition) is 8. The summed E-state index contributed by atoms with van der Waals surface area (Å²) in [5.74, 6) is -1.55. The standard InChI is InChI=1S/C24H44N4O8/c29-21-13-5-1-9-17-25(33)22(30)14-6-2-11-19-27(35)24(32)16-8-4-12-20-28(36)23(31)15-7-3-10-18-26(21)34/h33-36H,1-20H2. The summed E-state index contributed by atoms with van der Waals surface area (Å²) in [6, 6.07) is 0. The van der Waals surface area contributed by atoms with Crippen LogP contribution in [0.5, 0.6) is 0 Å². The van der Waals surface area contributed by atoms with Crippen molar-refractivity contribution < 1.29 is 40.0 Å². The molecule has 1 heterocycles. The summed E-state index contributed by atoms with van der Waals surface area (Å²) in [5.41, 5.74) is 0. The summed E-state index contributed by atoms with van der Waals surface area (Å²) in [6.45, 7) is 0.662. The monoisotopic (exact) mass is 516 g/mol. The second-order valence-electron chi connectivity index (χ2n) is 9.31. The predicted molar refractivity (Wildman–Crippen MR) is 128 cm³/mol. The van der Waals surface area contributed by atoms with E-state index in [1.165, 1.54) is 0 Å². The maximum absolute atomic E-state index is 12.0. The van der Waals surface area contributed by atoms with Gasteiger partial charge in [0, 0.05) is 51.9 Å². The molecule has 4 N–H and O–H groups in total. The SMILES string of the molecule is O=C1CCCCCN(O)C(=O)CCCCCN(O)C(=O)CCCCCN(O)C(=O)CCCCCN1O. The number of nitrogens with zero attached hydrogens (tertiary/aromatic N) is 4. The van der Waals surface area contributed by atoms with Crippen molar-refractivity contribution in [3.05, 3.63) is 0 Å². The molecule has 36 heavy (non-hydrogen) atoms. The lowest BCUT2D eigenvalue weighted by atomic mass is 10.1. The van der Waals surface area contributed by atoms with Gasteiger partial charge in [0.25, 0.3) is 0 Å². The summed E-state index contributed by atoms with van der Waals surface area (Å²) >= 11 is 0. The van der Waals surface area contributed by atoms with Gasteiger partial charge in [0.05, 0.1) is 0 Å². The molecule has 1 rings (SSSR count). The molecule has 0 radical (unpaired) electrons. The molecular weight excluding hydrogens is 472 g/mol. The predicted octanol–water partition coefficient (Wildman–Crippen LogP) is 3.11. The Balaban J connectivity index is 2.49. The summed E-state index contributed by atoms with van der Waals surface area (Å²) in [4.78, 5) is 48.0. The fraction of sp³-hybridized carbons (Fsp3) is 0.833. The highest BCUT2D eigenvalue weighted by molar-refractivity contribution is 5.76. The van der Waals surface area contributed by atoms with Crippen molar-refractivity contribution in [1.29, 1.82) is 0 Å². The van der Waals surface area contributed by atoms with E-state index in [-0.39, 0.29) is 75.5 Å². The molecular formula is C24H44N4O8. The van der Waals surface area contributed by atoms with E-state index in [1.54, 1.807) is 0 Å². The van der Waals surface area contributed by atoms with Crippen LogP contribution in [-0.2, 0) is 19.2 Å². The first-order valence-corrected chi connectivity index (χ1v) is 13.2. The van der Waals surface area contributed by atoms with Crippen LogP contribution < -0.4 is 0 Å². The number of carbonyl (C=O) groups excluding carboxylic acids is 4. The highest BCUT2D eigenvalue weighted by Crippen LogP contribution is 2.10. The number of amides is 4. The molecule has 1 fully saturated rings. The third kappa shape index (κ3) is 14.3. The molecule has 0 atom stereocenters. The van der Waals surface area contributed by atoms with E-state index in [4.69, 9.17) is 0 Å². The Bertz CT molecular complexity index is 567. The molecule has 1 aliphatic rings. The lowest BCUT2D eigenvalue weighted by Crippen LogP contribution is -2.30. The molecule has 12 heteroatoms. The molecule has 1 aliphatic heterocycles. The third-order valence-electron chi connectivity index (χ3n) is 6.19. The van der Waals surface area contributed by atoms with Crippen molar-refractivity contribution in [2.45, 2.75) is 103 Å². The van der Waals surface area contributed by atoms with E-state index in [2.05, 4.69) is 0 Å². The number of rotatable bonds is 0. The van der Waals surface area contributed by atoms with Crippen molar-refractivity contribution in [3.8, 4) is 0 Å². The van der Waals surface area contributed by atoms with E-state index in [0.29, 0.717) is 97.3 Å². The maximum Gasteiger partial charge on any atom is 0.245 e. The molecule has 0 bridgehead atoms. The molecule has 0 spiro atoms. The smallest absolute Gasteiger partial charge is 0.245 e. The van der Waals surface area contributed by atoms with Gasteiger partial charge in [-0.1, -0.05) is 25.7 Å². The van der Waals surface area contributed by atoms with Crippen LogP contribution in [-0.4, -0.2) is 90.9 Å². The molecule has 0 unspecified atom stereocenters. The summed E-state index contributed by atoms with van der Waals surface area (Å²) in [6.07, 6.45) is 7.32. The maximum atomic E-state index is 12.0. The Hall–Kier alpha value is -2.28. The zero-order valence-electron chi connectivity index (χ0n) is 21.4. The first-order chi connectivity index (χ1) is 17.2. The van der Waals surface area contributed by atoms with Crippen molar-refractivity contribution in [2.75, 3.05) is 26.2 Å². The van der Waals surface area contributed by atoms with Gasteiger partial charge in [-0.05, 0) is 51.4 Å². The molecule has 208 valence electrons. The van der Waals surface area contributed by atoms with Crippen molar-refractivity contribution >= 4 is 23.6 Å². The zero-order valence-corrected chi connectivity index (χ0v) is 21.4. The van der Waals surface area contributed by atoms with Crippen molar-refractivity contribution in [1.82, 2.24) is 20.3 Å². The minimum absolute atomic E-state index is 0.165. The summed E-state index contributed by atoms with van der Waals surface area (Å²) in [7, 11) is 0. The molecule has 12 nitrogen and oxygen atoms in total. The lowest BCUT2D eigenvalue weighted by molar-refractivity contribution is -0.167. The largest absolute Gasteiger partial charge is 0.286 e. The van der Waals surface area contributed by atoms with Gasteiger partial charge in [0.1, 0.15) is 0 Å². The second kappa shape index (κ2) is 18.9. The average Bonchev–Trinajstić information content (AvgIpc) is 2.86. The number of carbonyl (C=O) groups is 4. The van der Waals surface area contributed by atoms with E-state index in [0.717, 1.165) is 0 Å². The average molecular weight is 517 g/mol. The molecule has 0 saturated carbocycles. The number of hydroxylamine groups is 8. The Kier molecular flexibility index (Phi) is 16.7. The quantitative estimate of drug-likeness (QED) is 0.357. The lowest BCUT2D eigenvalue weighted by Gasteiger charge is -2.17. The fourth-order valence-corrected chi connectivity index (χ4v) is 3.87. The number of hydrogen-bond donors (Lipinski definition) is 4. The Morgan fingerprint density at radius 3 is 0.722 bits per heavy atom. The molecule has 4 amide bonds. The van der Waals surface area contributed by atoms with E-state index < -0.39 is 0 Å². The van der Waals surface area contributed by atoms with Crippen LogP contribution in [0.25, 0.3) is 0 Å². The van der Waals surface area contributed by atoms with Gasteiger partial charge in [-0.15, -0.1) is 0 Å². The van der Waals surface area contributed by atoms with E-state index in [9.17, 15) is 40.0 Å².